The number of aromatic hydroxyl groups is 1. The van der Waals surface area contributed by atoms with Crippen molar-refractivity contribution in [3.63, 3.8) is 0 Å². The Morgan fingerprint density at radius 3 is 2.35 bits per heavy atom. The first kappa shape index (κ1) is 22.9. The molecule has 4 aromatic rings. The number of para-hydroxylation sites is 2. The minimum atomic E-state index is -0.952. The van der Waals surface area contributed by atoms with Crippen molar-refractivity contribution in [1.82, 2.24) is 0 Å². The lowest BCUT2D eigenvalue weighted by atomic mass is 10.1. The molecule has 0 unspecified atom stereocenters. The fraction of sp³-hybridized carbons (Fsp3) is 0.138. The summed E-state index contributed by atoms with van der Waals surface area (Å²) in [5, 5.41) is 21.7. The molecule has 5 heteroatoms. The van der Waals surface area contributed by atoms with Crippen LogP contribution in [-0.2, 0) is 0 Å². The lowest BCUT2D eigenvalue weighted by Crippen LogP contribution is -2.27. The highest BCUT2D eigenvalue weighted by Gasteiger charge is 2.13. The van der Waals surface area contributed by atoms with E-state index in [9.17, 15) is 15.0 Å². The van der Waals surface area contributed by atoms with Crippen molar-refractivity contribution in [1.29, 1.82) is 0 Å². The number of nitrogens with zero attached hydrogens (tertiary/aromatic N) is 1. The Labute approximate surface area is 199 Å². The molecule has 0 aliphatic heterocycles. The summed E-state index contributed by atoms with van der Waals surface area (Å²) in [5.41, 5.74) is 2.87. The average molecular weight is 454 g/mol. The lowest BCUT2D eigenvalue weighted by molar-refractivity contribution is 0.0697. The van der Waals surface area contributed by atoms with Crippen LogP contribution in [0.25, 0.3) is 16.8 Å². The lowest BCUT2D eigenvalue weighted by Gasteiger charge is -2.25. The Morgan fingerprint density at radius 1 is 0.912 bits per heavy atom. The van der Waals surface area contributed by atoms with Crippen LogP contribution >= 0.6 is 0 Å². The fourth-order valence-corrected chi connectivity index (χ4v) is 3.93. The van der Waals surface area contributed by atoms with Gasteiger partial charge in [-0.15, -0.1) is 0 Å². The maximum Gasteiger partial charge on any atom is 0.335 e. The van der Waals surface area contributed by atoms with Gasteiger partial charge in [-0.25, -0.2) is 4.79 Å². The molecule has 0 fully saturated rings. The van der Waals surface area contributed by atoms with Crippen molar-refractivity contribution >= 4 is 28.5 Å². The van der Waals surface area contributed by atoms with Crippen LogP contribution < -0.4 is 9.64 Å². The van der Waals surface area contributed by atoms with Crippen LogP contribution in [0.5, 0.6) is 11.5 Å². The van der Waals surface area contributed by atoms with Gasteiger partial charge in [0.05, 0.1) is 11.3 Å². The predicted octanol–water partition coefficient (Wildman–Crippen LogP) is 6.23. The van der Waals surface area contributed by atoms with Crippen molar-refractivity contribution in [3.05, 3.63) is 108 Å². The third-order valence-corrected chi connectivity index (χ3v) is 5.69. The van der Waals surface area contributed by atoms with Gasteiger partial charge >= 0.3 is 5.97 Å². The minimum absolute atomic E-state index is 0.226. The molecule has 0 atom stereocenters. The van der Waals surface area contributed by atoms with Gasteiger partial charge in [-0.05, 0) is 53.8 Å². The summed E-state index contributed by atoms with van der Waals surface area (Å²) >= 11 is 0. The molecule has 4 rings (SSSR count). The zero-order valence-electron chi connectivity index (χ0n) is 19.0. The number of phenols is 1. The van der Waals surface area contributed by atoms with Gasteiger partial charge in [0, 0.05) is 18.5 Å². The third kappa shape index (κ3) is 5.38. The molecular weight excluding hydrogens is 426 g/mol. The Bertz CT molecular complexity index is 1310. The molecule has 0 radical (unpaired) electrons. The number of benzene rings is 4. The van der Waals surface area contributed by atoms with Gasteiger partial charge in [0.1, 0.15) is 18.1 Å². The third-order valence-electron chi connectivity index (χ3n) is 5.69. The van der Waals surface area contributed by atoms with Gasteiger partial charge in [-0.1, -0.05) is 66.7 Å². The van der Waals surface area contributed by atoms with Gasteiger partial charge in [-0.3, -0.25) is 0 Å². The number of hydrogen-bond donors (Lipinski definition) is 2. The molecule has 0 aliphatic carbocycles. The van der Waals surface area contributed by atoms with Crippen molar-refractivity contribution in [3.8, 4) is 11.5 Å². The topological polar surface area (TPSA) is 70.0 Å². The van der Waals surface area contributed by atoms with Crippen LogP contribution in [0.3, 0.4) is 0 Å². The first-order valence-electron chi connectivity index (χ1n) is 11.2. The number of anilines is 1. The monoisotopic (exact) mass is 453 g/mol. The molecule has 0 aromatic heterocycles. The number of carbonyl (C=O) groups is 1. The number of rotatable bonds is 9. The Kier molecular flexibility index (Phi) is 7.13. The highest BCUT2D eigenvalue weighted by molar-refractivity contribution is 5.88. The van der Waals surface area contributed by atoms with Gasteiger partial charge < -0.3 is 19.8 Å². The second-order valence-corrected chi connectivity index (χ2v) is 8.00. The second-order valence-electron chi connectivity index (χ2n) is 8.00. The van der Waals surface area contributed by atoms with Crippen molar-refractivity contribution < 1.29 is 19.7 Å². The van der Waals surface area contributed by atoms with Crippen LogP contribution in [-0.4, -0.2) is 35.9 Å². The van der Waals surface area contributed by atoms with Crippen LogP contribution in [0.1, 0.15) is 22.8 Å². The number of hydrogen-bond acceptors (Lipinski definition) is 4. The van der Waals surface area contributed by atoms with Gasteiger partial charge in [0.15, 0.2) is 0 Å². The first-order valence-corrected chi connectivity index (χ1v) is 11.2. The largest absolute Gasteiger partial charge is 0.506 e. The van der Waals surface area contributed by atoms with E-state index in [4.69, 9.17) is 4.74 Å². The second kappa shape index (κ2) is 10.6. The van der Waals surface area contributed by atoms with E-state index in [-0.39, 0.29) is 11.3 Å². The van der Waals surface area contributed by atoms with E-state index in [1.165, 1.54) is 0 Å². The number of ether oxygens (including phenoxy) is 1. The first-order chi connectivity index (χ1) is 16.5. The minimum Gasteiger partial charge on any atom is -0.506 e. The Morgan fingerprint density at radius 2 is 1.62 bits per heavy atom. The summed E-state index contributed by atoms with van der Waals surface area (Å²) in [6, 6.07) is 28.1. The fourth-order valence-electron chi connectivity index (χ4n) is 3.93. The van der Waals surface area contributed by atoms with Crippen LogP contribution in [0.2, 0.25) is 0 Å². The summed E-state index contributed by atoms with van der Waals surface area (Å²) in [5.74, 6) is 0.0760. The number of fused-ring (bicyclic) bond motifs is 1. The molecule has 34 heavy (non-hydrogen) atoms. The molecule has 0 saturated heterocycles. The van der Waals surface area contributed by atoms with Gasteiger partial charge in [0.25, 0.3) is 0 Å². The highest BCUT2D eigenvalue weighted by Crippen LogP contribution is 2.29. The van der Waals surface area contributed by atoms with E-state index < -0.39 is 5.97 Å². The molecule has 0 amide bonds. The number of likely N-dealkylation sites (N-methyl/N-ethyl adjacent to an activating group) is 1. The molecule has 0 bridgehead atoms. The summed E-state index contributed by atoms with van der Waals surface area (Å²) in [7, 11) is 0. The smallest absolute Gasteiger partial charge is 0.335 e. The molecule has 0 aliphatic rings. The van der Waals surface area contributed by atoms with Crippen molar-refractivity contribution in [2.24, 2.45) is 0 Å². The van der Waals surface area contributed by atoms with Gasteiger partial charge in [0.2, 0.25) is 0 Å². The van der Waals surface area contributed by atoms with Crippen LogP contribution in [0, 0.1) is 0 Å². The van der Waals surface area contributed by atoms with E-state index in [0.717, 1.165) is 33.3 Å². The van der Waals surface area contributed by atoms with E-state index in [1.807, 2.05) is 55.5 Å². The predicted molar refractivity (Wildman–Crippen MR) is 137 cm³/mol. The van der Waals surface area contributed by atoms with Crippen molar-refractivity contribution in [2.75, 3.05) is 24.6 Å². The Hall–Kier alpha value is -4.25. The van der Waals surface area contributed by atoms with E-state index in [0.29, 0.717) is 19.7 Å². The number of phenolic OH excluding ortho intramolecular Hbond substituents is 1. The number of carboxylic acids is 1. The Balaban J connectivity index is 1.64. The zero-order chi connectivity index (χ0) is 23.9. The molecule has 0 heterocycles. The molecule has 4 aromatic carbocycles. The summed E-state index contributed by atoms with van der Waals surface area (Å²) in [6.07, 6.45) is 2.01. The van der Waals surface area contributed by atoms with E-state index in [1.54, 1.807) is 36.4 Å². The van der Waals surface area contributed by atoms with Gasteiger partial charge in [-0.2, -0.15) is 0 Å². The normalized spacial score (nSPS) is 11.4. The maximum atomic E-state index is 11.2. The van der Waals surface area contributed by atoms with E-state index in [2.05, 4.69) is 17.0 Å². The summed E-state index contributed by atoms with van der Waals surface area (Å²) in [4.78, 5) is 13.3. The molecule has 0 saturated carbocycles. The standard InChI is InChI=1S/C29H27NO4/c1-2-30(26-11-5-6-12-27(26)31)19-22(18-21-14-16-24(17-15-21)29(32)33)20-34-28-13-7-9-23-8-3-4-10-25(23)28/h3-18,31H,2,19-20H2,1H3,(H,32,33). The zero-order valence-corrected chi connectivity index (χ0v) is 19.0. The van der Waals surface area contributed by atoms with E-state index >= 15 is 0 Å². The SMILES string of the molecule is CCN(CC(=Cc1ccc(C(=O)O)cc1)COc1cccc2ccccc12)c1ccccc1O. The quantitative estimate of drug-likeness (QED) is 0.314. The summed E-state index contributed by atoms with van der Waals surface area (Å²) in [6.45, 7) is 3.62. The van der Waals surface area contributed by atoms with Crippen LogP contribution in [0.4, 0.5) is 5.69 Å². The molecule has 0 spiro atoms. The highest BCUT2D eigenvalue weighted by atomic mass is 16.5. The number of aromatic carboxylic acids is 1. The molecular formula is C29H27NO4. The van der Waals surface area contributed by atoms with Crippen molar-refractivity contribution in [2.45, 2.75) is 6.92 Å². The summed E-state index contributed by atoms with van der Waals surface area (Å²) < 4.78 is 6.28. The number of carboxylic acid groups (broad SMARTS) is 1. The average Bonchev–Trinajstić information content (AvgIpc) is 2.86. The maximum absolute atomic E-state index is 11.2. The molecule has 5 nitrogen and oxygen atoms in total. The molecule has 172 valence electrons. The van der Waals surface area contributed by atoms with Crippen LogP contribution in [0.15, 0.2) is 96.6 Å². The molecule has 2 N–H and O–H groups in total.